The van der Waals surface area contributed by atoms with E-state index < -0.39 is 0 Å². The molecule has 0 fully saturated rings. The number of ether oxygens (including phenoxy) is 1. The number of hydrogen-bond acceptors (Lipinski definition) is 3. The van der Waals surface area contributed by atoms with Gasteiger partial charge in [0.2, 0.25) is 0 Å². The summed E-state index contributed by atoms with van der Waals surface area (Å²) in [6.45, 7) is 8.42. The van der Waals surface area contributed by atoms with Crippen LogP contribution in [0.2, 0.25) is 0 Å². The van der Waals surface area contributed by atoms with E-state index in [4.69, 9.17) is 4.74 Å². The largest absolute Gasteiger partial charge is 0.465 e. The summed E-state index contributed by atoms with van der Waals surface area (Å²) in [5.74, 6) is -0.396. The summed E-state index contributed by atoms with van der Waals surface area (Å²) in [4.78, 5) is 24.0. The fourth-order valence-electron chi connectivity index (χ4n) is 2.20. The molecule has 0 spiro atoms. The lowest BCUT2D eigenvalue weighted by atomic mass is 9.83. The molecule has 0 saturated carbocycles. The van der Waals surface area contributed by atoms with Gasteiger partial charge < -0.3 is 4.74 Å². The number of carbonyl (C=O) groups is 2. The number of Topliss-reactive ketones (excluding diaryl/α,β-unsaturated/α-hetero) is 1. The maximum Gasteiger partial charge on any atom is 0.309 e. The Labute approximate surface area is 111 Å². The van der Waals surface area contributed by atoms with Crippen LogP contribution in [0.15, 0.2) is 0 Å². The van der Waals surface area contributed by atoms with Crippen molar-refractivity contribution < 1.29 is 14.3 Å². The van der Waals surface area contributed by atoms with Gasteiger partial charge in [0.15, 0.2) is 0 Å². The normalized spacial score (nSPS) is 14.0. The number of ketones is 1. The van der Waals surface area contributed by atoms with Gasteiger partial charge in [-0.3, -0.25) is 9.59 Å². The van der Waals surface area contributed by atoms with Crippen molar-refractivity contribution in [1.82, 2.24) is 0 Å². The summed E-state index contributed by atoms with van der Waals surface area (Å²) in [6.07, 6.45) is 4.74. The Kier molecular flexibility index (Phi) is 9.62. The molecule has 0 aliphatic rings. The lowest BCUT2D eigenvalue weighted by Gasteiger charge is -2.22. The fraction of sp³-hybridized carbons (Fsp3) is 0.867. The Morgan fingerprint density at radius 1 is 0.944 bits per heavy atom. The summed E-state index contributed by atoms with van der Waals surface area (Å²) in [5, 5.41) is 0. The standard InChI is InChI=1S/C15H28O3/c1-5-9-10-14(16)12(7-3)13(8-4)15(17)18-11-6-2/h12-13H,5-11H2,1-4H3. The average molecular weight is 256 g/mol. The van der Waals surface area contributed by atoms with Crippen molar-refractivity contribution in [2.45, 2.75) is 66.2 Å². The van der Waals surface area contributed by atoms with E-state index in [0.29, 0.717) is 19.4 Å². The van der Waals surface area contributed by atoms with Crippen molar-refractivity contribution in [2.24, 2.45) is 11.8 Å². The predicted molar refractivity (Wildman–Crippen MR) is 73.3 cm³/mol. The Morgan fingerprint density at radius 3 is 2.00 bits per heavy atom. The van der Waals surface area contributed by atoms with Gasteiger partial charge in [0, 0.05) is 12.3 Å². The highest BCUT2D eigenvalue weighted by Gasteiger charge is 2.31. The molecule has 0 aliphatic carbocycles. The van der Waals surface area contributed by atoms with Crippen LogP contribution in [-0.2, 0) is 14.3 Å². The number of carbonyl (C=O) groups excluding carboxylic acids is 2. The van der Waals surface area contributed by atoms with Gasteiger partial charge in [-0.2, -0.15) is 0 Å². The summed E-state index contributed by atoms with van der Waals surface area (Å²) in [5.41, 5.74) is 0. The molecule has 0 heterocycles. The first-order valence-electron chi connectivity index (χ1n) is 7.31. The molecule has 0 radical (unpaired) electrons. The van der Waals surface area contributed by atoms with Crippen LogP contribution in [0.1, 0.15) is 66.2 Å². The molecule has 0 aliphatic heterocycles. The van der Waals surface area contributed by atoms with Gasteiger partial charge in [0.05, 0.1) is 12.5 Å². The van der Waals surface area contributed by atoms with E-state index in [1.165, 1.54) is 0 Å². The van der Waals surface area contributed by atoms with Gasteiger partial charge in [-0.1, -0.05) is 34.1 Å². The summed E-state index contributed by atoms with van der Waals surface area (Å²) in [7, 11) is 0. The third-order valence-corrected chi connectivity index (χ3v) is 3.31. The molecule has 0 bridgehead atoms. The minimum Gasteiger partial charge on any atom is -0.465 e. The van der Waals surface area contributed by atoms with Crippen molar-refractivity contribution in [3.05, 3.63) is 0 Å². The second-order valence-electron chi connectivity index (χ2n) is 4.77. The van der Waals surface area contributed by atoms with Crippen molar-refractivity contribution >= 4 is 11.8 Å². The van der Waals surface area contributed by atoms with Crippen LogP contribution in [0.5, 0.6) is 0 Å². The van der Waals surface area contributed by atoms with Gasteiger partial charge in [-0.15, -0.1) is 0 Å². The third-order valence-electron chi connectivity index (χ3n) is 3.31. The van der Waals surface area contributed by atoms with Crippen LogP contribution < -0.4 is 0 Å². The molecule has 3 nitrogen and oxygen atoms in total. The van der Waals surface area contributed by atoms with Gasteiger partial charge in [0.1, 0.15) is 5.78 Å². The number of rotatable bonds is 10. The summed E-state index contributed by atoms with van der Waals surface area (Å²) >= 11 is 0. The molecular weight excluding hydrogens is 228 g/mol. The maximum absolute atomic E-state index is 12.1. The van der Waals surface area contributed by atoms with Crippen molar-refractivity contribution in [2.75, 3.05) is 6.61 Å². The minimum absolute atomic E-state index is 0.161. The topological polar surface area (TPSA) is 43.4 Å². The first-order chi connectivity index (χ1) is 8.62. The number of esters is 1. The van der Waals surface area contributed by atoms with E-state index in [1.807, 2.05) is 20.8 Å². The quantitative estimate of drug-likeness (QED) is 0.559. The van der Waals surface area contributed by atoms with Gasteiger partial charge in [-0.05, 0) is 25.7 Å². The fourth-order valence-corrected chi connectivity index (χ4v) is 2.20. The first-order valence-corrected chi connectivity index (χ1v) is 7.31. The lowest BCUT2D eigenvalue weighted by molar-refractivity contribution is -0.153. The molecule has 0 rings (SSSR count). The van der Waals surface area contributed by atoms with Crippen LogP contribution >= 0.6 is 0 Å². The molecule has 0 N–H and O–H groups in total. The average Bonchev–Trinajstić information content (AvgIpc) is 2.39. The molecule has 0 saturated heterocycles. The Hall–Kier alpha value is -0.860. The zero-order valence-electron chi connectivity index (χ0n) is 12.3. The van der Waals surface area contributed by atoms with Crippen LogP contribution in [-0.4, -0.2) is 18.4 Å². The minimum atomic E-state index is -0.258. The molecule has 18 heavy (non-hydrogen) atoms. The smallest absolute Gasteiger partial charge is 0.309 e. The van der Waals surface area contributed by atoms with Crippen molar-refractivity contribution in [3.63, 3.8) is 0 Å². The number of unbranched alkanes of at least 4 members (excludes halogenated alkanes) is 1. The van der Waals surface area contributed by atoms with Gasteiger partial charge >= 0.3 is 5.97 Å². The molecule has 0 aromatic rings. The van der Waals surface area contributed by atoms with Crippen molar-refractivity contribution in [1.29, 1.82) is 0 Å². The third kappa shape index (κ3) is 5.65. The molecular formula is C15H28O3. The zero-order valence-corrected chi connectivity index (χ0v) is 12.3. The molecule has 2 atom stereocenters. The lowest BCUT2D eigenvalue weighted by Crippen LogP contribution is -2.30. The SMILES string of the molecule is CCCCC(=O)C(CC)C(CC)C(=O)OCCC. The van der Waals surface area contributed by atoms with Crippen LogP contribution in [0, 0.1) is 11.8 Å². The predicted octanol–water partition coefficient (Wildman–Crippen LogP) is 3.75. The molecule has 0 aromatic heterocycles. The monoisotopic (exact) mass is 256 g/mol. The van der Waals surface area contributed by atoms with E-state index in [-0.39, 0.29) is 23.6 Å². The summed E-state index contributed by atoms with van der Waals surface area (Å²) < 4.78 is 5.19. The molecule has 0 aromatic carbocycles. The molecule has 2 unspecified atom stereocenters. The van der Waals surface area contributed by atoms with Crippen LogP contribution in [0.4, 0.5) is 0 Å². The second-order valence-corrected chi connectivity index (χ2v) is 4.77. The van der Waals surface area contributed by atoms with Gasteiger partial charge in [0.25, 0.3) is 0 Å². The zero-order chi connectivity index (χ0) is 14.0. The van der Waals surface area contributed by atoms with Crippen LogP contribution in [0.3, 0.4) is 0 Å². The highest BCUT2D eigenvalue weighted by Crippen LogP contribution is 2.24. The highest BCUT2D eigenvalue weighted by molar-refractivity contribution is 5.86. The Balaban J connectivity index is 4.55. The number of hydrogen-bond donors (Lipinski definition) is 0. The Morgan fingerprint density at radius 2 is 1.56 bits per heavy atom. The Bertz CT molecular complexity index is 222. The molecule has 106 valence electrons. The molecule has 3 heteroatoms. The maximum atomic E-state index is 12.1. The van der Waals surface area contributed by atoms with Crippen LogP contribution in [0.25, 0.3) is 0 Å². The van der Waals surface area contributed by atoms with E-state index >= 15 is 0 Å². The highest BCUT2D eigenvalue weighted by atomic mass is 16.5. The van der Waals surface area contributed by atoms with Gasteiger partial charge in [-0.25, -0.2) is 0 Å². The van der Waals surface area contributed by atoms with E-state index in [2.05, 4.69) is 6.92 Å². The van der Waals surface area contributed by atoms with Crippen molar-refractivity contribution in [3.8, 4) is 0 Å². The first kappa shape index (κ1) is 17.1. The van der Waals surface area contributed by atoms with E-state index in [0.717, 1.165) is 25.7 Å². The van der Waals surface area contributed by atoms with E-state index in [9.17, 15) is 9.59 Å². The molecule has 0 amide bonds. The summed E-state index contributed by atoms with van der Waals surface area (Å²) in [6, 6.07) is 0. The second kappa shape index (κ2) is 10.1. The van der Waals surface area contributed by atoms with E-state index in [1.54, 1.807) is 0 Å².